The van der Waals surface area contributed by atoms with E-state index in [0.29, 0.717) is 39.7 Å². The first-order valence-electron chi connectivity index (χ1n) is 9.31. The van der Waals surface area contributed by atoms with E-state index >= 15 is 0 Å². The van der Waals surface area contributed by atoms with Crippen LogP contribution >= 0.6 is 0 Å². The fourth-order valence-corrected chi connectivity index (χ4v) is 2.97. The summed E-state index contributed by atoms with van der Waals surface area (Å²) in [7, 11) is 3.07. The third-order valence-electron chi connectivity index (χ3n) is 4.54. The zero-order valence-electron chi connectivity index (χ0n) is 16.8. The van der Waals surface area contributed by atoms with Gasteiger partial charge in [-0.05, 0) is 54.6 Å². The number of hydrogen-bond donors (Lipinski definition) is 1. The number of ether oxygens (including phenoxy) is 2. The maximum absolute atomic E-state index is 13.1. The second-order valence-electron chi connectivity index (χ2n) is 6.53. The van der Waals surface area contributed by atoms with E-state index in [1.54, 1.807) is 61.7 Å². The molecule has 1 N–H and O–H groups in total. The van der Waals surface area contributed by atoms with Crippen molar-refractivity contribution in [1.29, 1.82) is 0 Å². The lowest BCUT2D eigenvalue weighted by Crippen LogP contribution is -2.12. The number of halogens is 1. The molecule has 0 bridgehead atoms. The lowest BCUT2D eigenvalue weighted by Gasteiger charge is -2.10. The van der Waals surface area contributed by atoms with E-state index in [2.05, 4.69) is 15.5 Å². The van der Waals surface area contributed by atoms with Crippen LogP contribution in [-0.4, -0.2) is 30.3 Å². The fourth-order valence-electron chi connectivity index (χ4n) is 2.97. The monoisotopic (exact) mass is 419 g/mol. The van der Waals surface area contributed by atoms with Crippen molar-refractivity contribution in [3.63, 3.8) is 0 Å². The van der Waals surface area contributed by atoms with Gasteiger partial charge in [-0.15, -0.1) is 0 Å². The quantitative estimate of drug-likeness (QED) is 0.483. The molecule has 4 aromatic rings. The molecule has 0 atom stereocenters. The highest BCUT2D eigenvalue weighted by Crippen LogP contribution is 2.30. The van der Waals surface area contributed by atoms with Crippen LogP contribution < -0.4 is 14.8 Å². The number of aromatic nitrogens is 2. The normalized spacial score (nSPS) is 10.5. The molecular formula is C23H18FN3O4. The van der Waals surface area contributed by atoms with Crippen LogP contribution in [0.25, 0.3) is 22.8 Å². The Labute approximate surface area is 177 Å². The average molecular weight is 419 g/mol. The summed E-state index contributed by atoms with van der Waals surface area (Å²) >= 11 is 0. The molecular weight excluding hydrogens is 401 g/mol. The van der Waals surface area contributed by atoms with Gasteiger partial charge in [0.1, 0.15) is 5.82 Å². The summed E-state index contributed by atoms with van der Waals surface area (Å²) in [6.45, 7) is 0. The fraction of sp³-hybridized carbons (Fsp3) is 0.0870. The number of nitrogens with zero attached hydrogens (tertiary/aromatic N) is 2. The average Bonchev–Trinajstić information content (AvgIpc) is 3.30. The first-order chi connectivity index (χ1) is 15.1. The van der Waals surface area contributed by atoms with Gasteiger partial charge in [-0.2, -0.15) is 4.98 Å². The molecule has 3 aromatic carbocycles. The molecule has 0 spiro atoms. The van der Waals surface area contributed by atoms with Gasteiger partial charge in [0.05, 0.1) is 14.2 Å². The van der Waals surface area contributed by atoms with Crippen molar-refractivity contribution in [3.05, 3.63) is 78.1 Å². The smallest absolute Gasteiger partial charge is 0.258 e. The standard InChI is InChI=1S/C23H18FN3O4/c1-29-19-11-10-18(13-20(19)30-2)25-22(28)15-4-3-5-16(12-15)23-26-21(27-31-23)14-6-8-17(24)9-7-14/h3-13H,1-2H3,(H,25,28). The summed E-state index contributed by atoms with van der Waals surface area (Å²) in [5.41, 5.74) is 2.18. The minimum atomic E-state index is -0.347. The number of methoxy groups -OCH3 is 2. The number of anilines is 1. The summed E-state index contributed by atoms with van der Waals surface area (Å²) in [6.07, 6.45) is 0. The number of hydrogen-bond acceptors (Lipinski definition) is 6. The third-order valence-corrected chi connectivity index (χ3v) is 4.54. The van der Waals surface area contributed by atoms with Gasteiger partial charge >= 0.3 is 0 Å². The summed E-state index contributed by atoms with van der Waals surface area (Å²) in [5.74, 6) is 0.993. The van der Waals surface area contributed by atoms with E-state index in [-0.39, 0.29) is 17.6 Å². The van der Waals surface area contributed by atoms with Crippen molar-refractivity contribution in [2.45, 2.75) is 0 Å². The first kappa shape index (κ1) is 20.1. The van der Waals surface area contributed by atoms with Gasteiger partial charge in [-0.1, -0.05) is 11.2 Å². The Kier molecular flexibility index (Phi) is 5.61. The van der Waals surface area contributed by atoms with Crippen molar-refractivity contribution in [2.24, 2.45) is 0 Å². The minimum Gasteiger partial charge on any atom is -0.493 e. The predicted octanol–water partition coefficient (Wildman–Crippen LogP) is 4.81. The van der Waals surface area contributed by atoms with E-state index in [4.69, 9.17) is 14.0 Å². The summed E-state index contributed by atoms with van der Waals surface area (Å²) in [6, 6.07) is 17.7. The second-order valence-corrected chi connectivity index (χ2v) is 6.53. The van der Waals surface area contributed by atoms with Crippen molar-refractivity contribution in [3.8, 4) is 34.3 Å². The topological polar surface area (TPSA) is 86.5 Å². The van der Waals surface area contributed by atoms with E-state index in [9.17, 15) is 9.18 Å². The van der Waals surface area contributed by atoms with Crippen molar-refractivity contribution >= 4 is 11.6 Å². The molecule has 0 saturated carbocycles. The number of benzene rings is 3. The van der Waals surface area contributed by atoms with Crippen LogP contribution in [0.1, 0.15) is 10.4 Å². The Bertz CT molecular complexity index is 1220. The summed E-state index contributed by atoms with van der Waals surface area (Å²) in [5, 5.41) is 6.76. The van der Waals surface area contributed by atoms with Crippen LogP contribution in [0.15, 0.2) is 71.3 Å². The Morgan fingerprint density at radius 2 is 1.71 bits per heavy atom. The molecule has 31 heavy (non-hydrogen) atoms. The third kappa shape index (κ3) is 4.37. The van der Waals surface area contributed by atoms with Crippen molar-refractivity contribution in [1.82, 2.24) is 10.1 Å². The SMILES string of the molecule is COc1ccc(NC(=O)c2cccc(-c3nc(-c4ccc(F)cc4)no3)c2)cc1OC. The molecule has 0 fully saturated rings. The second kappa shape index (κ2) is 8.66. The number of carbonyl (C=O) groups is 1. The van der Waals surface area contributed by atoms with Crippen LogP contribution in [0.4, 0.5) is 10.1 Å². The molecule has 0 aliphatic rings. The predicted molar refractivity (Wildman–Crippen MR) is 113 cm³/mol. The molecule has 1 aromatic heterocycles. The van der Waals surface area contributed by atoms with Crippen LogP contribution in [0.5, 0.6) is 11.5 Å². The molecule has 7 nitrogen and oxygen atoms in total. The zero-order chi connectivity index (χ0) is 21.8. The van der Waals surface area contributed by atoms with Gasteiger partial charge in [-0.3, -0.25) is 4.79 Å². The molecule has 0 aliphatic heterocycles. The number of rotatable bonds is 6. The van der Waals surface area contributed by atoms with E-state index < -0.39 is 0 Å². The Morgan fingerprint density at radius 1 is 0.935 bits per heavy atom. The van der Waals surface area contributed by atoms with Crippen LogP contribution in [-0.2, 0) is 0 Å². The molecule has 1 heterocycles. The van der Waals surface area contributed by atoms with Gasteiger partial charge in [-0.25, -0.2) is 4.39 Å². The Morgan fingerprint density at radius 3 is 2.45 bits per heavy atom. The lowest BCUT2D eigenvalue weighted by atomic mass is 10.1. The van der Waals surface area contributed by atoms with E-state index in [1.807, 2.05) is 0 Å². The summed E-state index contributed by atoms with van der Waals surface area (Å²) in [4.78, 5) is 17.1. The largest absolute Gasteiger partial charge is 0.493 e. The molecule has 8 heteroatoms. The highest BCUT2D eigenvalue weighted by Gasteiger charge is 2.14. The molecule has 1 amide bonds. The molecule has 0 aliphatic carbocycles. The molecule has 156 valence electrons. The van der Waals surface area contributed by atoms with Gasteiger partial charge in [0.25, 0.3) is 11.8 Å². The van der Waals surface area contributed by atoms with Gasteiger partial charge in [0.2, 0.25) is 5.82 Å². The van der Waals surface area contributed by atoms with Crippen molar-refractivity contribution < 1.29 is 23.2 Å². The van der Waals surface area contributed by atoms with Gasteiger partial charge < -0.3 is 19.3 Å². The van der Waals surface area contributed by atoms with E-state index in [0.717, 1.165) is 0 Å². The van der Waals surface area contributed by atoms with Crippen molar-refractivity contribution in [2.75, 3.05) is 19.5 Å². The molecule has 0 radical (unpaired) electrons. The highest BCUT2D eigenvalue weighted by molar-refractivity contribution is 6.05. The molecule has 4 rings (SSSR count). The maximum Gasteiger partial charge on any atom is 0.258 e. The van der Waals surface area contributed by atoms with Crippen LogP contribution in [0.3, 0.4) is 0 Å². The number of amides is 1. The molecule has 0 unspecified atom stereocenters. The molecule has 0 saturated heterocycles. The van der Waals surface area contributed by atoms with Crippen LogP contribution in [0.2, 0.25) is 0 Å². The van der Waals surface area contributed by atoms with E-state index in [1.165, 1.54) is 19.2 Å². The highest BCUT2D eigenvalue weighted by atomic mass is 19.1. The van der Waals surface area contributed by atoms with Crippen LogP contribution in [0, 0.1) is 5.82 Å². The van der Waals surface area contributed by atoms with Gasteiger partial charge in [0, 0.05) is 28.4 Å². The first-order valence-corrected chi connectivity index (χ1v) is 9.31. The Balaban J connectivity index is 1.54. The summed E-state index contributed by atoms with van der Waals surface area (Å²) < 4.78 is 28.9. The van der Waals surface area contributed by atoms with Gasteiger partial charge in [0.15, 0.2) is 11.5 Å². The Hall–Kier alpha value is -4.20. The lowest BCUT2D eigenvalue weighted by molar-refractivity contribution is 0.102. The number of carbonyl (C=O) groups excluding carboxylic acids is 1. The maximum atomic E-state index is 13.1. The number of nitrogens with one attached hydrogen (secondary N) is 1. The minimum absolute atomic E-state index is 0.250. The zero-order valence-corrected chi connectivity index (χ0v) is 16.8.